The fourth-order valence-electron chi connectivity index (χ4n) is 1.56. The Balaban J connectivity index is 2.27. The van der Waals surface area contributed by atoms with E-state index >= 15 is 0 Å². The lowest BCUT2D eigenvalue weighted by molar-refractivity contribution is 0.252. The molecule has 0 aliphatic carbocycles. The van der Waals surface area contributed by atoms with E-state index in [2.05, 4.69) is 27.9 Å². The average molecular weight is 392 g/mol. The Bertz CT molecular complexity index is 578. The van der Waals surface area contributed by atoms with Crippen molar-refractivity contribution in [3.05, 3.63) is 46.0 Å². The summed E-state index contributed by atoms with van der Waals surface area (Å²) in [5.74, 6) is -2.45. The molecule has 0 aliphatic rings. The fraction of sp³-hybridized carbons (Fsp3) is 0.0769. The summed E-state index contributed by atoms with van der Waals surface area (Å²) in [5.41, 5.74) is 7.82. The van der Waals surface area contributed by atoms with E-state index in [9.17, 15) is 8.78 Å². The number of anilines is 3. The summed E-state index contributed by atoms with van der Waals surface area (Å²) in [5, 5.41) is 3.09. The highest BCUT2D eigenvalue weighted by Crippen LogP contribution is 2.34. The van der Waals surface area contributed by atoms with Crippen LogP contribution >= 0.6 is 34.4 Å². The molecule has 19 heavy (non-hydrogen) atoms. The second-order valence-corrected chi connectivity index (χ2v) is 6.01. The van der Waals surface area contributed by atoms with Gasteiger partial charge in [-0.05, 0) is 52.9 Å². The predicted molar refractivity (Wildman–Crippen MR) is 85.2 cm³/mol. The minimum absolute atomic E-state index is 0.496. The van der Waals surface area contributed by atoms with Crippen LogP contribution in [0.15, 0.2) is 47.4 Å². The van der Waals surface area contributed by atoms with Crippen molar-refractivity contribution in [3.63, 3.8) is 0 Å². The Morgan fingerprint density at radius 1 is 1.11 bits per heavy atom. The first-order valence-electron chi connectivity index (χ1n) is 5.42. The molecule has 0 bridgehead atoms. The zero-order chi connectivity index (χ0) is 13.8. The zero-order valence-corrected chi connectivity index (χ0v) is 12.7. The number of alkyl halides is 2. The normalized spacial score (nSPS) is 10.7. The highest BCUT2D eigenvalue weighted by Gasteiger charge is 2.10. The van der Waals surface area contributed by atoms with Crippen LogP contribution < -0.4 is 11.1 Å². The number of para-hydroxylation sites is 1. The smallest absolute Gasteiger partial charge is 0.288 e. The number of nitrogens with two attached hydrogens (primary N) is 1. The van der Waals surface area contributed by atoms with Crippen molar-refractivity contribution in [2.75, 3.05) is 11.1 Å². The number of thioether (sulfide) groups is 1. The molecule has 0 saturated heterocycles. The average Bonchev–Trinajstić information content (AvgIpc) is 2.34. The summed E-state index contributed by atoms with van der Waals surface area (Å²) in [4.78, 5) is 0.496. The molecule has 0 atom stereocenters. The Morgan fingerprint density at radius 3 is 2.53 bits per heavy atom. The molecule has 0 unspecified atom stereocenters. The van der Waals surface area contributed by atoms with E-state index in [1.807, 2.05) is 18.2 Å². The lowest BCUT2D eigenvalue weighted by Crippen LogP contribution is -1.98. The lowest BCUT2D eigenvalue weighted by atomic mass is 10.2. The van der Waals surface area contributed by atoms with Gasteiger partial charge in [-0.25, -0.2) is 0 Å². The zero-order valence-electron chi connectivity index (χ0n) is 9.74. The van der Waals surface area contributed by atoms with Gasteiger partial charge in [-0.3, -0.25) is 0 Å². The van der Waals surface area contributed by atoms with Gasteiger partial charge in [-0.15, -0.1) is 0 Å². The van der Waals surface area contributed by atoms with Crippen molar-refractivity contribution >= 4 is 51.4 Å². The quantitative estimate of drug-likeness (QED) is 0.440. The van der Waals surface area contributed by atoms with Gasteiger partial charge in [-0.2, -0.15) is 8.78 Å². The minimum atomic E-state index is -2.45. The molecule has 3 N–H and O–H groups in total. The molecule has 2 aromatic rings. The molecule has 0 fully saturated rings. The van der Waals surface area contributed by atoms with E-state index in [1.165, 1.54) is 0 Å². The first-order valence-corrected chi connectivity index (χ1v) is 7.38. The van der Waals surface area contributed by atoms with Gasteiger partial charge < -0.3 is 11.1 Å². The topological polar surface area (TPSA) is 38.0 Å². The molecule has 2 rings (SSSR count). The summed E-state index contributed by atoms with van der Waals surface area (Å²) < 4.78 is 26.0. The van der Waals surface area contributed by atoms with Crippen molar-refractivity contribution in [3.8, 4) is 0 Å². The maximum absolute atomic E-state index is 12.5. The van der Waals surface area contributed by atoms with Crippen LogP contribution in [0.2, 0.25) is 0 Å². The van der Waals surface area contributed by atoms with E-state index < -0.39 is 5.76 Å². The van der Waals surface area contributed by atoms with E-state index in [-0.39, 0.29) is 0 Å². The van der Waals surface area contributed by atoms with E-state index in [0.29, 0.717) is 33.7 Å². The summed E-state index contributed by atoms with van der Waals surface area (Å²) >= 11 is 2.68. The monoisotopic (exact) mass is 392 g/mol. The van der Waals surface area contributed by atoms with Crippen molar-refractivity contribution in [1.82, 2.24) is 0 Å². The lowest BCUT2D eigenvalue weighted by Gasteiger charge is -2.13. The second kappa shape index (κ2) is 6.42. The number of nitrogen functional groups attached to an aromatic ring is 1. The van der Waals surface area contributed by atoms with Crippen LogP contribution in [0, 0.1) is 3.57 Å². The third-order valence-electron chi connectivity index (χ3n) is 2.39. The Hall–Kier alpha value is -1.02. The van der Waals surface area contributed by atoms with Crippen LogP contribution in [0.25, 0.3) is 0 Å². The molecule has 2 nitrogen and oxygen atoms in total. The number of halogens is 3. The van der Waals surface area contributed by atoms with Gasteiger partial charge in [0.1, 0.15) is 0 Å². The highest BCUT2D eigenvalue weighted by atomic mass is 127. The Morgan fingerprint density at radius 2 is 1.84 bits per heavy atom. The van der Waals surface area contributed by atoms with Crippen molar-refractivity contribution in [2.24, 2.45) is 0 Å². The van der Waals surface area contributed by atoms with Gasteiger partial charge in [0.2, 0.25) is 0 Å². The van der Waals surface area contributed by atoms with Crippen LogP contribution in [-0.2, 0) is 0 Å². The van der Waals surface area contributed by atoms with Gasteiger partial charge in [0.05, 0.1) is 17.1 Å². The molecule has 100 valence electrons. The van der Waals surface area contributed by atoms with Crippen LogP contribution in [0.1, 0.15) is 0 Å². The van der Waals surface area contributed by atoms with Gasteiger partial charge >= 0.3 is 0 Å². The molecule has 6 heteroatoms. The molecule has 0 heterocycles. The van der Waals surface area contributed by atoms with Gasteiger partial charge in [0, 0.05) is 8.47 Å². The number of hydrogen-bond donors (Lipinski definition) is 2. The molecular weight excluding hydrogens is 381 g/mol. The third kappa shape index (κ3) is 3.97. The minimum Gasteiger partial charge on any atom is -0.397 e. The van der Waals surface area contributed by atoms with E-state index in [0.717, 1.165) is 3.57 Å². The maximum atomic E-state index is 12.5. The summed E-state index contributed by atoms with van der Waals surface area (Å²) in [6.07, 6.45) is 0. The third-order valence-corrected chi connectivity index (χ3v) is 3.85. The van der Waals surface area contributed by atoms with Crippen LogP contribution in [0.3, 0.4) is 0 Å². The number of hydrogen-bond acceptors (Lipinski definition) is 3. The van der Waals surface area contributed by atoms with Crippen molar-refractivity contribution in [2.45, 2.75) is 10.7 Å². The number of rotatable bonds is 4. The summed E-state index contributed by atoms with van der Waals surface area (Å²) in [6, 6.07) is 12.5. The second-order valence-electron chi connectivity index (χ2n) is 3.73. The molecule has 0 spiro atoms. The summed E-state index contributed by atoms with van der Waals surface area (Å²) in [6.45, 7) is 0. The van der Waals surface area contributed by atoms with E-state index in [4.69, 9.17) is 5.73 Å². The maximum Gasteiger partial charge on any atom is 0.288 e. The fourth-order valence-corrected chi connectivity index (χ4v) is 2.67. The van der Waals surface area contributed by atoms with Gasteiger partial charge in [0.25, 0.3) is 5.76 Å². The van der Waals surface area contributed by atoms with Crippen LogP contribution in [0.5, 0.6) is 0 Å². The summed E-state index contributed by atoms with van der Waals surface area (Å²) in [7, 11) is 0. The first-order chi connectivity index (χ1) is 9.06. The molecular formula is C13H11F2IN2S. The first kappa shape index (κ1) is 14.4. The molecule has 0 amide bonds. The number of nitrogens with one attached hydrogen (secondary N) is 1. The van der Waals surface area contributed by atoms with Crippen LogP contribution in [0.4, 0.5) is 25.8 Å². The van der Waals surface area contributed by atoms with Gasteiger partial charge in [0.15, 0.2) is 0 Å². The standard InChI is InChI=1S/C13H11F2IN2S/c14-13(15)19-12-4-2-1-3-11(12)18-10-6-5-8(16)7-9(10)17/h1-7,13,18H,17H2. The largest absolute Gasteiger partial charge is 0.397 e. The van der Waals surface area contributed by atoms with E-state index in [1.54, 1.807) is 24.3 Å². The van der Waals surface area contributed by atoms with Crippen molar-refractivity contribution in [1.29, 1.82) is 0 Å². The Kier molecular flexibility index (Phi) is 4.87. The molecule has 0 saturated carbocycles. The molecule has 0 aromatic heterocycles. The molecule has 0 aliphatic heterocycles. The van der Waals surface area contributed by atoms with Crippen molar-refractivity contribution < 1.29 is 8.78 Å². The predicted octanol–water partition coefficient (Wildman–Crippen LogP) is 4.93. The Labute approximate surface area is 127 Å². The molecule has 0 radical (unpaired) electrons. The van der Waals surface area contributed by atoms with Crippen LogP contribution in [-0.4, -0.2) is 5.76 Å². The highest BCUT2D eigenvalue weighted by molar-refractivity contribution is 14.1. The number of benzene rings is 2. The molecule has 2 aromatic carbocycles. The van der Waals surface area contributed by atoms with Gasteiger partial charge in [-0.1, -0.05) is 23.9 Å². The SMILES string of the molecule is Nc1cc(I)ccc1Nc1ccccc1SC(F)F.